The lowest BCUT2D eigenvalue weighted by molar-refractivity contribution is -0.126. The van der Waals surface area contributed by atoms with Crippen LogP contribution >= 0.6 is 0 Å². The maximum absolute atomic E-state index is 13.1. The second-order valence-electron chi connectivity index (χ2n) is 8.84. The standard InChI is InChI=1S/C28H32N4O2/c1-3-13-31(14-4-2)28(34)24-17-23-12-11-22(18-25(23)30-26(29)19-24)20-7-9-21(10-8-20)27(33)32-15-5-6-16-32/h3,7-12,17-18H,1,4-6,13-16,19H2,2H3,(H2,29,30). The number of benzene rings is 2. The number of likely N-dealkylation sites (tertiary alicyclic amines) is 1. The van der Waals surface area contributed by atoms with E-state index < -0.39 is 0 Å². The van der Waals surface area contributed by atoms with E-state index in [4.69, 9.17) is 5.73 Å². The number of hydrogen-bond acceptors (Lipinski definition) is 4. The fraction of sp³-hybridized carbons (Fsp3) is 0.321. The predicted molar refractivity (Wildman–Crippen MR) is 138 cm³/mol. The first-order chi connectivity index (χ1) is 16.5. The Labute approximate surface area is 201 Å². The molecule has 0 aliphatic carbocycles. The van der Waals surface area contributed by atoms with E-state index >= 15 is 0 Å². The van der Waals surface area contributed by atoms with Crippen LogP contribution in [0.4, 0.5) is 5.69 Å². The van der Waals surface area contributed by atoms with Crippen LogP contribution in [0.5, 0.6) is 0 Å². The van der Waals surface area contributed by atoms with Gasteiger partial charge in [-0.1, -0.05) is 37.3 Å². The molecular weight excluding hydrogens is 424 g/mol. The van der Waals surface area contributed by atoms with Crippen molar-refractivity contribution in [2.45, 2.75) is 32.6 Å². The van der Waals surface area contributed by atoms with Gasteiger partial charge in [0.05, 0.1) is 5.69 Å². The Hall–Kier alpha value is -3.67. The zero-order chi connectivity index (χ0) is 24.1. The van der Waals surface area contributed by atoms with Gasteiger partial charge in [-0.2, -0.15) is 0 Å². The van der Waals surface area contributed by atoms with Gasteiger partial charge in [-0.25, -0.2) is 4.99 Å². The number of rotatable bonds is 7. The van der Waals surface area contributed by atoms with Crippen molar-refractivity contribution in [1.82, 2.24) is 9.80 Å². The van der Waals surface area contributed by atoms with Gasteiger partial charge in [-0.15, -0.1) is 6.58 Å². The first kappa shape index (κ1) is 23.5. The van der Waals surface area contributed by atoms with Gasteiger partial charge in [0.1, 0.15) is 5.84 Å². The second-order valence-corrected chi connectivity index (χ2v) is 8.84. The van der Waals surface area contributed by atoms with Crippen LogP contribution in [0.25, 0.3) is 17.2 Å². The molecule has 0 saturated carbocycles. The first-order valence-corrected chi connectivity index (χ1v) is 12.0. The number of carbonyl (C=O) groups excluding carboxylic acids is 2. The summed E-state index contributed by atoms with van der Waals surface area (Å²) < 4.78 is 0. The highest BCUT2D eigenvalue weighted by molar-refractivity contribution is 6.05. The number of nitrogens with zero attached hydrogens (tertiary/aromatic N) is 3. The van der Waals surface area contributed by atoms with Crippen LogP contribution in [0.3, 0.4) is 0 Å². The van der Waals surface area contributed by atoms with Gasteiger partial charge in [0.2, 0.25) is 0 Å². The van der Waals surface area contributed by atoms with Crippen molar-refractivity contribution in [2.75, 3.05) is 26.2 Å². The van der Waals surface area contributed by atoms with Crippen LogP contribution < -0.4 is 5.73 Å². The molecule has 0 atom stereocenters. The van der Waals surface area contributed by atoms with E-state index in [1.54, 1.807) is 11.0 Å². The van der Waals surface area contributed by atoms with E-state index in [-0.39, 0.29) is 11.8 Å². The molecule has 2 heterocycles. The molecule has 34 heavy (non-hydrogen) atoms. The van der Waals surface area contributed by atoms with Crippen LogP contribution in [0.2, 0.25) is 0 Å². The molecule has 6 nitrogen and oxygen atoms in total. The molecule has 0 radical (unpaired) electrons. The van der Waals surface area contributed by atoms with Gasteiger partial charge in [0.25, 0.3) is 11.8 Å². The SMILES string of the molecule is C=CCN(CCC)C(=O)C1=Cc2ccc(-c3ccc(C(=O)N4CCCC4)cc3)cc2N=C(N)C1. The van der Waals surface area contributed by atoms with Crippen LogP contribution in [0.15, 0.2) is 65.7 Å². The van der Waals surface area contributed by atoms with Gasteiger partial charge < -0.3 is 15.5 Å². The molecule has 176 valence electrons. The molecule has 2 aliphatic heterocycles. The molecule has 4 rings (SSSR count). The third kappa shape index (κ3) is 5.11. The third-order valence-electron chi connectivity index (χ3n) is 6.26. The zero-order valence-electron chi connectivity index (χ0n) is 19.8. The Morgan fingerprint density at radius 2 is 1.82 bits per heavy atom. The second kappa shape index (κ2) is 10.5. The molecule has 1 fully saturated rings. The molecule has 0 spiro atoms. The summed E-state index contributed by atoms with van der Waals surface area (Å²) in [5.74, 6) is 0.478. The van der Waals surface area contributed by atoms with Crippen molar-refractivity contribution in [3.63, 3.8) is 0 Å². The zero-order valence-corrected chi connectivity index (χ0v) is 19.8. The molecule has 2 aliphatic rings. The summed E-state index contributed by atoms with van der Waals surface area (Å²) in [5.41, 5.74) is 11.1. The van der Waals surface area contributed by atoms with E-state index in [2.05, 4.69) is 11.6 Å². The summed E-state index contributed by atoms with van der Waals surface area (Å²) >= 11 is 0. The maximum Gasteiger partial charge on any atom is 0.253 e. The van der Waals surface area contributed by atoms with Gasteiger partial charge in [-0.3, -0.25) is 9.59 Å². The van der Waals surface area contributed by atoms with Crippen molar-refractivity contribution in [3.05, 3.63) is 71.8 Å². The molecule has 2 N–H and O–H groups in total. The molecule has 2 aromatic rings. The van der Waals surface area contributed by atoms with Gasteiger partial charge in [0.15, 0.2) is 0 Å². The average molecular weight is 457 g/mol. The number of hydrogen-bond donors (Lipinski definition) is 1. The van der Waals surface area contributed by atoms with Crippen molar-refractivity contribution >= 4 is 29.4 Å². The minimum absolute atomic E-state index is 0.0323. The molecule has 2 aromatic carbocycles. The Morgan fingerprint density at radius 3 is 2.50 bits per heavy atom. The normalized spacial score (nSPS) is 15.1. The summed E-state index contributed by atoms with van der Waals surface area (Å²) in [5, 5.41) is 0. The molecule has 1 saturated heterocycles. The first-order valence-electron chi connectivity index (χ1n) is 12.0. The lowest BCUT2D eigenvalue weighted by Crippen LogP contribution is -2.34. The van der Waals surface area contributed by atoms with Crippen LogP contribution in [0, 0.1) is 0 Å². The number of amides is 2. The Morgan fingerprint density at radius 1 is 1.12 bits per heavy atom. The topological polar surface area (TPSA) is 79.0 Å². The smallest absolute Gasteiger partial charge is 0.253 e. The minimum Gasteiger partial charge on any atom is -0.387 e. The van der Waals surface area contributed by atoms with Crippen molar-refractivity contribution in [1.29, 1.82) is 0 Å². The highest BCUT2D eigenvalue weighted by Crippen LogP contribution is 2.32. The maximum atomic E-state index is 13.1. The van der Waals surface area contributed by atoms with Crippen LogP contribution in [-0.2, 0) is 4.79 Å². The fourth-order valence-electron chi connectivity index (χ4n) is 4.52. The van der Waals surface area contributed by atoms with E-state index in [0.717, 1.165) is 54.7 Å². The summed E-state index contributed by atoms with van der Waals surface area (Å²) in [4.78, 5) is 34.1. The molecular formula is C28H32N4O2. The molecule has 6 heteroatoms. The lowest BCUT2D eigenvalue weighted by atomic mass is 9.99. The number of amidine groups is 1. The Balaban J connectivity index is 1.59. The molecule has 0 bridgehead atoms. The van der Waals surface area contributed by atoms with Gasteiger partial charge >= 0.3 is 0 Å². The number of fused-ring (bicyclic) bond motifs is 1. The Kier molecular flexibility index (Phi) is 7.26. The quantitative estimate of drug-likeness (QED) is 0.609. The Bertz CT molecular complexity index is 1140. The number of nitrogens with two attached hydrogens (primary N) is 1. The highest BCUT2D eigenvalue weighted by Gasteiger charge is 2.21. The minimum atomic E-state index is -0.0323. The lowest BCUT2D eigenvalue weighted by Gasteiger charge is -2.21. The molecule has 0 unspecified atom stereocenters. The van der Waals surface area contributed by atoms with Crippen molar-refractivity contribution in [2.24, 2.45) is 10.7 Å². The predicted octanol–water partition coefficient (Wildman–Crippen LogP) is 4.79. The van der Waals surface area contributed by atoms with Crippen LogP contribution in [-0.4, -0.2) is 53.6 Å². The number of carbonyl (C=O) groups is 2. The average Bonchev–Trinajstić information content (AvgIpc) is 3.33. The summed E-state index contributed by atoms with van der Waals surface area (Å²) in [6.45, 7) is 8.67. The third-order valence-corrected chi connectivity index (χ3v) is 6.26. The van der Waals surface area contributed by atoms with E-state index in [9.17, 15) is 9.59 Å². The van der Waals surface area contributed by atoms with E-state index in [1.807, 2.05) is 60.4 Å². The van der Waals surface area contributed by atoms with Gasteiger partial charge in [-0.05, 0) is 54.7 Å². The van der Waals surface area contributed by atoms with Crippen molar-refractivity contribution < 1.29 is 9.59 Å². The monoisotopic (exact) mass is 456 g/mol. The summed E-state index contributed by atoms with van der Waals surface area (Å²) in [6.07, 6.45) is 6.98. The van der Waals surface area contributed by atoms with Crippen LogP contribution in [0.1, 0.15) is 48.5 Å². The molecule has 2 amide bonds. The number of aliphatic imine (C=N–C) groups is 1. The van der Waals surface area contributed by atoms with Gasteiger partial charge in [0, 0.05) is 49.3 Å². The van der Waals surface area contributed by atoms with E-state index in [0.29, 0.717) is 36.5 Å². The largest absolute Gasteiger partial charge is 0.387 e. The van der Waals surface area contributed by atoms with E-state index in [1.165, 1.54) is 0 Å². The van der Waals surface area contributed by atoms with Crippen molar-refractivity contribution in [3.8, 4) is 11.1 Å². The summed E-state index contributed by atoms with van der Waals surface area (Å²) in [6, 6.07) is 13.7. The molecule has 0 aromatic heterocycles. The summed E-state index contributed by atoms with van der Waals surface area (Å²) in [7, 11) is 0. The highest BCUT2D eigenvalue weighted by atomic mass is 16.2. The fourth-order valence-corrected chi connectivity index (χ4v) is 4.52.